The van der Waals surface area contributed by atoms with Crippen molar-refractivity contribution in [1.29, 1.82) is 0 Å². The minimum Gasteiger partial charge on any atom is -0.379 e. The molecule has 0 radical (unpaired) electrons. The van der Waals surface area contributed by atoms with Gasteiger partial charge in [0.15, 0.2) is 0 Å². The second-order valence-corrected chi connectivity index (χ2v) is 9.04. The maximum Gasteiger partial charge on any atom is 0.251 e. The summed E-state index contributed by atoms with van der Waals surface area (Å²) in [6.07, 6.45) is 0. The van der Waals surface area contributed by atoms with Gasteiger partial charge in [0, 0.05) is 18.7 Å². The molecule has 28 heavy (non-hydrogen) atoms. The molecule has 1 aliphatic heterocycles. The molecule has 2 aromatic rings. The molecule has 1 heterocycles. The van der Waals surface area contributed by atoms with Crippen LogP contribution in [0.1, 0.15) is 40.0 Å². The van der Waals surface area contributed by atoms with Crippen LogP contribution in [0.4, 0.5) is 0 Å². The lowest BCUT2D eigenvalue weighted by atomic mass is 10.1. The van der Waals surface area contributed by atoms with E-state index in [-0.39, 0.29) is 17.7 Å². The van der Waals surface area contributed by atoms with Gasteiger partial charge in [-0.2, -0.15) is 4.31 Å². The van der Waals surface area contributed by atoms with Gasteiger partial charge in [-0.05, 0) is 37.1 Å². The molecule has 0 saturated carbocycles. The van der Waals surface area contributed by atoms with Gasteiger partial charge in [0.2, 0.25) is 10.0 Å². The Morgan fingerprint density at radius 3 is 2.29 bits per heavy atom. The average molecular weight is 403 g/mol. The minimum absolute atomic E-state index is 0.0747. The first-order valence-corrected chi connectivity index (χ1v) is 11.0. The van der Waals surface area contributed by atoms with Crippen molar-refractivity contribution >= 4 is 15.9 Å². The Hall–Kier alpha value is -2.22. The zero-order chi connectivity index (χ0) is 20.1. The largest absolute Gasteiger partial charge is 0.379 e. The van der Waals surface area contributed by atoms with E-state index in [4.69, 9.17) is 4.74 Å². The third kappa shape index (κ3) is 5.19. The maximum atomic E-state index is 12.5. The van der Waals surface area contributed by atoms with Crippen LogP contribution < -0.4 is 5.32 Å². The fourth-order valence-corrected chi connectivity index (χ4v) is 4.60. The molecule has 1 aliphatic rings. The molecular formula is C21H26N2O4S. The zero-order valence-electron chi connectivity index (χ0n) is 16.2. The molecular weight excluding hydrogens is 376 g/mol. The van der Waals surface area contributed by atoms with Crippen molar-refractivity contribution in [1.82, 2.24) is 9.62 Å². The Bertz CT molecular complexity index is 902. The van der Waals surface area contributed by atoms with Gasteiger partial charge in [0.1, 0.15) is 0 Å². The molecule has 1 saturated heterocycles. The van der Waals surface area contributed by atoms with Crippen LogP contribution in [0.15, 0.2) is 48.5 Å². The zero-order valence-corrected chi connectivity index (χ0v) is 17.0. The Kier molecular flexibility index (Phi) is 6.49. The van der Waals surface area contributed by atoms with Gasteiger partial charge in [-0.15, -0.1) is 0 Å². The number of morpholine rings is 1. The molecule has 3 rings (SSSR count). The molecule has 1 atom stereocenters. The van der Waals surface area contributed by atoms with Crippen molar-refractivity contribution in [3.63, 3.8) is 0 Å². The van der Waals surface area contributed by atoms with E-state index >= 15 is 0 Å². The summed E-state index contributed by atoms with van der Waals surface area (Å²) in [5.74, 6) is -0.259. The number of sulfonamides is 1. The summed E-state index contributed by atoms with van der Waals surface area (Å²) >= 11 is 0. The number of hydrogen-bond donors (Lipinski definition) is 1. The number of hydrogen-bond acceptors (Lipinski definition) is 4. The van der Waals surface area contributed by atoms with E-state index < -0.39 is 10.0 Å². The summed E-state index contributed by atoms with van der Waals surface area (Å²) < 4.78 is 31.6. The first kappa shape index (κ1) is 20.5. The van der Waals surface area contributed by atoms with E-state index in [1.165, 1.54) is 9.87 Å². The number of nitrogens with one attached hydrogen (secondary N) is 1. The Morgan fingerprint density at radius 1 is 1.07 bits per heavy atom. The van der Waals surface area contributed by atoms with Gasteiger partial charge in [-0.25, -0.2) is 8.42 Å². The van der Waals surface area contributed by atoms with E-state index in [2.05, 4.69) is 5.32 Å². The summed E-state index contributed by atoms with van der Waals surface area (Å²) in [4.78, 5) is 12.5. The number of rotatable bonds is 6. The highest BCUT2D eigenvalue weighted by Gasteiger charge is 2.24. The fourth-order valence-electron chi connectivity index (χ4n) is 3.10. The van der Waals surface area contributed by atoms with E-state index in [1.807, 2.05) is 38.1 Å². The van der Waals surface area contributed by atoms with Gasteiger partial charge >= 0.3 is 0 Å². The molecule has 0 aromatic heterocycles. The Morgan fingerprint density at radius 2 is 1.68 bits per heavy atom. The lowest BCUT2D eigenvalue weighted by Crippen LogP contribution is -2.41. The summed E-state index contributed by atoms with van der Waals surface area (Å²) in [6, 6.07) is 14.6. The second kappa shape index (κ2) is 8.86. The number of amides is 1. The third-order valence-electron chi connectivity index (χ3n) is 4.85. The van der Waals surface area contributed by atoms with Crippen LogP contribution in [0, 0.1) is 6.92 Å². The fraction of sp³-hybridized carbons (Fsp3) is 0.381. The maximum absolute atomic E-state index is 12.5. The predicted molar refractivity (Wildman–Crippen MR) is 109 cm³/mol. The van der Waals surface area contributed by atoms with E-state index in [0.29, 0.717) is 37.4 Å². The predicted octanol–water partition coefficient (Wildman–Crippen LogP) is 2.65. The first-order chi connectivity index (χ1) is 13.3. The highest BCUT2D eigenvalue weighted by atomic mass is 32.2. The molecule has 2 aromatic carbocycles. The van der Waals surface area contributed by atoms with Crippen LogP contribution in [-0.2, 0) is 20.5 Å². The number of carbonyl (C=O) groups is 1. The van der Waals surface area contributed by atoms with Gasteiger partial charge < -0.3 is 10.1 Å². The summed E-state index contributed by atoms with van der Waals surface area (Å²) in [7, 11) is -3.38. The first-order valence-electron chi connectivity index (χ1n) is 9.37. The van der Waals surface area contributed by atoms with Crippen LogP contribution in [0.5, 0.6) is 0 Å². The van der Waals surface area contributed by atoms with Crippen LogP contribution in [0.25, 0.3) is 0 Å². The van der Waals surface area contributed by atoms with Crippen molar-refractivity contribution < 1.29 is 17.9 Å². The second-order valence-electron chi connectivity index (χ2n) is 7.07. The topological polar surface area (TPSA) is 75.7 Å². The molecule has 7 heteroatoms. The smallest absolute Gasteiger partial charge is 0.251 e. The van der Waals surface area contributed by atoms with Crippen LogP contribution in [-0.4, -0.2) is 44.9 Å². The lowest BCUT2D eigenvalue weighted by molar-refractivity contribution is 0.0729. The van der Waals surface area contributed by atoms with Crippen LogP contribution >= 0.6 is 0 Å². The van der Waals surface area contributed by atoms with Crippen molar-refractivity contribution in [2.24, 2.45) is 0 Å². The van der Waals surface area contributed by atoms with Crippen LogP contribution in [0.2, 0.25) is 0 Å². The van der Waals surface area contributed by atoms with E-state index in [0.717, 1.165) is 5.56 Å². The molecule has 1 N–H and O–H groups in total. The molecule has 0 spiro atoms. The standard InChI is InChI=1S/C21H26N2O4S/c1-16-3-7-19(8-4-16)17(2)22-21(24)20-9-5-18(6-10-20)15-28(25,26)23-11-13-27-14-12-23/h3-10,17H,11-15H2,1-2H3,(H,22,24)/t17-/m0/s1. The molecule has 1 amide bonds. The number of carbonyl (C=O) groups excluding carboxylic acids is 1. The SMILES string of the molecule is Cc1ccc([C@H](C)NC(=O)c2ccc(CS(=O)(=O)N3CCOCC3)cc2)cc1. The Balaban J connectivity index is 1.61. The van der Waals surface area contributed by atoms with Gasteiger partial charge in [0.05, 0.1) is 25.0 Å². The molecule has 0 aliphatic carbocycles. The van der Waals surface area contributed by atoms with Crippen molar-refractivity contribution in [2.75, 3.05) is 26.3 Å². The molecule has 0 bridgehead atoms. The molecule has 1 fully saturated rings. The average Bonchev–Trinajstić information content (AvgIpc) is 2.69. The van der Waals surface area contributed by atoms with E-state index in [1.54, 1.807) is 24.3 Å². The van der Waals surface area contributed by atoms with Gasteiger partial charge in [-0.3, -0.25) is 4.79 Å². The summed E-state index contributed by atoms with van der Waals surface area (Å²) in [5, 5.41) is 2.97. The minimum atomic E-state index is -3.38. The highest BCUT2D eigenvalue weighted by molar-refractivity contribution is 7.88. The quantitative estimate of drug-likeness (QED) is 0.806. The number of ether oxygens (including phenoxy) is 1. The van der Waals surface area contributed by atoms with Gasteiger partial charge in [0.25, 0.3) is 5.91 Å². The summed E-state index contributed by atoms with van der Waals surface area (Å²) in [6.45, 7) is 5.59. The summed E-state index contributed by atoms with van der Waals surface area (Å²) in [5.41, 5.74) is 3.37. The van der Waals surface area contributed by atoms with Crippen molar-refractivity contribution in [3.8, 4) is 0 Å². The van der Waals surface area contributed by atoms with E-state index in [9.17, 15) is 13.2 Å². The van der Waals surface area contributed by atoms with Gasteiger partial charge in [-0.1, -0.05) is 42.0 Å². The number of benzene rings is 2. The normalized spacial score (nSPS) is 16.5. The Labute approximate surface area is 166 Å². The monoisotopic (exact) mass is 402 g/mol. The molecule has 0 unspecified atom stereocenters. The lowest BCUT2D eigenvalue weighted by Gasteiger charge is -2.26. The number of aryl methyl sites for hydroxylation is 1. The van der Waals surface area contributed by atoms with Crippen molar-refractivity contribution in [3.05, 3.63) is 70.8 Å². The molecule has 150 valence electrons. The van der Waals surface area contributed by atoms with Crippen LogP contribution in [0.3, 0.4) is 0 Å². The molecule has 6 nitrogen and oxygen atoms in total. The highest BCUT2D eigenvalue weighted by Crippen LogP contribution is 2.16. The van der Waals surface area contributed by atoms with Crippen molar-refractivity contribution in [2.45, 2.75) is 25.6 Å². The number of nitrogens with zero attached hydrogens (tertiary/aromatic N) is 1. The third-order valence-corrected chi connectivity index (χ3v) is 6.70.